The molecule has 1 aliphatic heterocycles. The highest BCUT2D eigenvalue weighted by Gasteiger charge is 2.34. The van der Waals surface area contributed by atoms with E-state index in [1.54, 1.807) is 12.4 Å². The van der Waals surface area contributed by atoms with Crippen molar-refractivity contribution in [2.45, 2.75) is 5.92 Å². The monoisotopic (exact) mass is 284 g/mol. The molecule has 2 heterocycles. The third-order valence-electron chi connectivity index (χ3n) is 3.59. The minimum atomic E-state index is 0.0376. The molecular formula is C16H16N2OS. The summed E-state index contributed by atoms with van der Waals surface area (Å²) in [7, 11) is 0. The first kappa shape index (κ1) is 13.2. The van der Waals surface area contributed by atoms with Crippen LogP contribution in [-0.4, -0.2) is 22.4 Å². The van der Waals surface area contributed by atoms with E-state index in [1.165, 1.54) is 5.56 Å². The second-order valence-electron chi connectivity index (χ2n) is 4.89. The van der Waals surface area contributed by atoms with Gasteiger partial charge in [-0.25, -0.2) is 0 Å². The number of amides is 1. The van der Waals surface area contributed by atoms with Gasteiger partial charge >= 0.3 is 0 Å². The Kier molecular flexibility index (Phi) is 4.02. The normalized spacial score (nSPS) is 21.6. The van der Waals surface area contributed by atoms with E-state index < -0.39 is 0 Å². The summed E-state index contributed by atoms with van der Waals surface area (Å²) in [5.74, 6) is 2.35. The van der Waals surface area contributed by atoms with Crippen molar-refractivity contribution in [2.75, 3.05) is 16.8 Å². The molecule has 0 spiro atoms. The fourth-order valence-electron chi connectivity index (χ4n) is 2.51. The Morgan fingerprint density at radius 1 is 1.10 bits per heavy atom. The van der Waals surface area contributed by atoms with Crippen molar-refractivity contribution in [2.24, 2.45) is 5.92 Å². The molecule has 0 bridgehead atoms. The first-order valence-corrected chi connectivity index (χ1v) is 7.83. The molecule has 1 aromatic carbocycles. The third-order valence-corrected chi connectivity index (χ3v) is 4.78. The van der Waals surface area contributed by atoms with E-state index in [4.69, 9.17) is 0 Å². The Hall–Kier alpha value is -1.81. The maximum Gasteiger partial charge on any atom is 0.228 e. The number of pyridine rings is 1. The number of nitrogens with one attached hydrogen (secondary N) is 1. The van der Waals surface area contributed by atoms with Crippen LogP contribution in [0.15, 0.2) is 54.9 Å². The van der Waals surface area contributed by atoms with Gasteiger partial charge in [0, 0.05) is 35.5 Å². The number of carbonyl (C=O) groups is 1. The number of thioether (sulfide) groups is 1. The van der Waals surface area contributed by atoms with E-state index in [-0.39, 0.29) is 11.8 Å². The molecule has 0 saturated carbocycles. The van der Waals surface area contributed by atoms with E-state index in [0.29, 0.717) is 5.92 Å². The molecule has 1 fully saturated rings. The van der Waals surface area contributed by atoms with Gasteiger partial charge < -0.3 is 5.32 Å². The number of anilines is 1. The number of hydrogen-bond donors (Lipinski definition) is 1. The van der Waals surface area contributed by atoms with Crippen molar-refractivity contribution in [1.82, 2.24) is 4.98 Å². The van der Waals surface area contributed by atoms with Gasteiger partial charge in [-0.15, -0.1) is 0 Å². The van der Waals surface area contributed by atoms with Gasteiger partial charge in [-0.1, -0.05) is 30.3 Å². The Bertz CT molecular complexity index is 574. The Morgan fingerprint density at radius 3 is 2.60 bits per heavy atom. The van der Waals surface area contributed by atoms with Gasteiger partial charge in [0.15, 0.2) is 0 Å². The molecule has 102 valence electrons. The van der Waals surface area contributed by atoms with E-state index in [2.05, 4.69) is 22.4 Å². The molecule has 0 radical (unpaired) electrons. The lowest BCUT2D eigenvalue weighted by Gasteiger charge is -2.18. The summed E-state index contributed by atoms with van der Waals surface area (Å²) < 4.78 is 0. The van der Waals surface area contributed by atoms with E-state index in [1.807, 2.05) is 42.1 Å². The van der Waals surface area contributed by atoms with Crippen LogP contribution in [0.1, 0.15) is 11.5 Å². The summed E-state index contributed by atoms with van der Waals surface area (Å²) >= 11 is 1.85. The standard InChI is InChI=1S/C16H16N2OS/c19-16(18-13-6-8-17-9-7-13)15-11-20-10-14(15)12-4-2-1-3-5-12/h1-9,14-15H,10-11H2,(H,17,18,19)/t14-,15+/m0/s1. The average molecular weight is 284 g/mol. The summed E-state index contributed by atoms with van der Waals surface area (Å²) in [6, 6.07) is 13.9. The van der Waals surface area contributed by atoms with E-state index in [9.17, 15) is 4.79 Å². The molecule has 3 rings (SSSR count). The maximum absolute atomic E-state index is 12.5. The predicted octanol–water partition coefficient (Wildman–Crippen LogP) is 3.17. The fraction of sp³-hybridized carbons (Fsp3) is 0.250. The zero-order valence-electron chi connectivity index (χ0n) is 11.0. The molecule has 2 atom stereocenters. The van der Waals surface area contributed by atoms with Gasteiger partial charge in [-0.2, -0.15) is 11.8 Å². The summed E-state index contributed by atoms with van der Waals surface area (Å²) in [5.41, 5.74) is 2.07. The van der Waals surface area contributed by atoms with Crippen molar-refractivity contribution in [3.05, 3.63) is 60.4 Å². The summed E-state index contributed by atoms with van der Waals surface area (Å²) in [4.78, 5) is 16.4. The zero-order valence-corrected chi connectivity index (χ0v) is 11.8. The minimum Gasteiger partial charge on any atom is -0.326 e. The van der Waals surface area contributed by atoms with Crippen LogP contribution in [0.4, 0.5) is 5.69 Å². The van der Waals surface area contributed by atoms with Gasteiger partial charge in [0.1, 0.15) is 0 Å². The van der Waals surface area contributed by atoms with Gasteiger partial charge in [0.2, 0.25) is 5.91 Å². The number of aromatic nitrogens is 1. The van der Waals surface area contributed by atoms with Crippen LogP contribution in [0.2, 0.25) is 0 Å². The molecule has 4 heteroatoms. The van der Waals surface area contributed by atoms with Gasteiger partial charge in [-0.3, -0.25) is 9.78 Å². The van der Waals surface area contributed by atoms with Gasteiger partial charge in [0.05, 0.1) is 5.92 Å². The van der Waals surface area contributed by atoms with Crippen LogP contribution < -0.4 is 5.32 Å². The topological polar surface area (TPSA) is 42.0 Å². The second kappa shape index (κ2) is 6.09. The Balaban J connectivity index is 1.74. The first-order chi connectivity index (χ1) is 9.84. The number of benzene rings is 1. The smallest absolute Gasteiger partial charge is 0.228 e. The number of nitrogens with zero attached hydrogens (tertiary/aromatic N) is 1. The minimum absolute atomic E-state index is 0.0376. The highest BCUT2D eigenvalue weighted by molar-refractivity contribution is 7.99. The lowest BCUT2D eigenvalue weighted by molar-refractivity contribution is -0.119. The molecule has 20 heavy (non-hydrogen) atoms. The van der Waals surface area contributed by atoms with Crippen molar-refractivity contribution in [3.63, 3.8) is 0 Å². The van der Waals surface area contributed by atoms with Gasteiger partial charge in [-0.05, 0) is 17.7 Å². The second-order valence-corrected chi connectivity index (χ2v) is 5.96. The molecule has 1 aromatic heterocycles. The number of carbonyl (C=O) groups excluding carboxylic acids is 1. The zero-order chi connectivity index (χ0) is 13.8. The van der Waals surface area contributed by atoms with Crippen LogP contribution in [0.5, 0.6) is 0 Å². The summed E-state index contributed by atoms with van der Waals surface area (Å²) in [6.45, 7) is 0. The van der Waals surface area contributed by atoms with Gasteiger partial charge in [0.25, 0.3) is 0 Å². The largest absolute Gasteiger partial charge is 0.326 e. The Labute approximate surface area is 122 Å². The van der Waals surface area contributed by atoms with Crippen molar-refractivity contribution in [3.8, 4) is 0 Å². The van der Waals surface area contributed by atoms with E-state index in [0.717, 1.165) is 17.2 Å². The summed E-state index contributed by atoms with van der Waals surface area (Å²) in [5, 5.41) is 2.99. The van der Waals surface area contributed by atoms with Crippen LogP contribution in [0, 0.1) is 5.92 Å². The lowest BCUT2D eigenvalue weighted by atomic mass is 9.88. The molecule has 1 aliphatic rings. The molecule has 0 unspecified atom stereocenters. The lowest BCUT2D eigenvalue weighted by Crippen LogP contribution is -2.27. The highest BCUT2D eigenvalue weighted by atomic mass is 32.2. The van der Waals surface area contributed by atoms with Crippen LogP contribution >= 0.6 is 11.8 Å². The van der Waals surface area contributed by atoms with Crippen LogP contribution in [-0.2, 0) is 4.79 Å². The van der Waals surface area contributed by atoms with Crippen molar-refractivity contribution in [1.29, 1.82) is 0 Å². The molecule has 1 N–H and O–H groups in total. The molecule has 1 saturated heterocycles. The van der Waals surface area contributed by atoms with E-state index >= 15 is 0 Å². The molecule has 2 aromatic rings. The maximum atomic E-state index is 12.5. The van der Waals surface area contributed by atoms with Crippen LogP contribution in [0.3, 0.4) is 0 Å². The first-order valence-electron chi connectivity index (χ1n) is 6.68. The van der Waals surface area contributed by atoms with Crippen LogP contribution in [0.25, 0.3) is 0 Å². The number of rotatable bonds is 3. The fourth-order valence-corrected chi connectivity index (χ4v) is 3.96. The number of hydrogen-bond acceptors (Lipinski definition) is 3. The predicted molar refractivity (Wildman–Crippen MR) is 82.9 cm³/mol. The quantitative estimate of drug-likeness (QED) is 0.941. The summed E-state index contributed by atoms with van der Waals surface area (Å²) in [6.07, 6.45) is 3.38. The average Bonchev–Trinajstić information content (AvgIpc) is 2.99. The van der Waals surface area contributed by atoms with Crippen molar-refractivity contribution >= 4 is 23.4 Å². The SMILES string of the molecule is O=C(Nc1ccncc1)[C@@H]1CSC[C@H]1c1ccccc1. The molecule has 1 amide bonds. The molecule has 3 nitrogen and oxygen atoms in total. The molecular weight excluding hydrogens is 268 g/mol. The Morgan fingerprint density at radius 2 is 1.85 bits per heavy atom. The molecule has 0 aliphatic carbocycles. The highest BCUT2D eigenvalue weighted by Crippen LogP contribution is 2.38. The van der Waals surface area contributed by atoms with Crippen molar-refractivity contribution < 1.29 is 4.79 Å². The third kappa shape index (κ3) is 2.85.